The Morgan fingerprint density at radius 2 is 1.31 bits per heavy atom. The van der Waals surface area contributed by atoms with E-state index in [4.69, 9.17) is 18.5 Å². The topological polar surface area (TPSA) is 111 Å². The quantitative estimate of drug-likeness (QED) is 0.0385. The number of nitrogens with zero attached hydrogens (tertiary/aromatic N) is 1. The van der Waals surface area contributed by atoms with Crippen LogP contribution >= 0.6 is 7.82 Å². The lowest BCUT2D eigenvalue weighted by atomic mass is 10.2. The Balaban J connectivity index is 4.38. The highest BCUT2D eigenvalue weighted by atomic mass is 31.2. The smallest absolute Gasteiger partial charge is 0.306 e. The minimum absolute atomic E-state index is 0.0456. The second kappa shape index (κ2) is 25.2. The number of hydrogen-bond acceptors (Lipinski definition) is 8. The first-order chi connectivity index (χ1) is 20.0. The number of phosphoric ester groups is 1. The standard InChI is InChI=1S/C32H54NO8P/c1-6-8-9-10-11-12-13-14-15-16-17-18-19-20-21-22-23-25-32(35)41-30(28-38-31(34)24-7-2)29-40-42(36,37)39-27-26-33(3,4)5/h8-9,11-12,14-15,17-18,20-21,30H,6-7,10,13,16,19,22-29H2,1-5H3/b9-8-,12-11-,15-14-,18-17-,21-20-. The summed E-state index contributed by atoms with van der Waals surface area (Å²) in [4.78, 5) is 36.2. The van der Waals surface area contributed by atoms with Gasteiger partial charge >= 0.3 is 11.9 Å². The Bertz CT molecular complexity index is 918. The number of rotatable bonds is 25. The number of carbonyl (C=O) groups is 2. The molecular weight excluding hydrogens is 557 g/mol. The van der Waals surface area contributed by atoms with Crippen LogP contribution in [0.15, 0.2) is 60.8 Å². The molecule has 0 rings (SSSR count). The normalized spacial score (nSPS) is 14.9. The molecule has 0 aliphatic rings. The molecule has 0 radical (unpaired) electrons. The average molecular weight is 612 g/mol. The molecule has 0 aromatic heterocycles. The molecule has 42 heavy (non-hydrogen) atoms. The van der Waals surface area contributed by atoms with Crippen LogP contribution in [-0.4, -0.2) is 70.0 Å². The molecule has 0 aromatic rings. The number of unbranched alkanes of at least 4 members (excludes halogenated alkanes) is 1. The van der Waals surface area contributed by atoms with Crippen molar-refractivity contribution in [2.75, 3.05) is 47.5 Å². The summed E-state index contributed by atoms with van der Waals surface area (Å²) in [5.74, 6) is -0.976. The average Bonchev–Trinajstić information content (AvgIpc) is 2.91. The van der Waals surface area contributed by atoms with Gasteiger partial charge in [-0.05, 0) is 51.4 Å². The summed E-state index contributed by atoms with van der Waals surface area (Å²) in [6.45, 7) is 3.59. The molecule has 0 amide bonds. The molecule has 240 valence electrons. The van der Waals surface area contributed by atoms with E-state index in [2.05, 4.69) is 55.5 Å². The van der Waals surface area contributed by atoms with Crippen LogP contribution in [0.25, 0.3) is 0 Å². The highest BCUT2D eigenvalue weighted by molar-refractivity contribution is 7.45. The van der Waals surface area contributed by atoms with E-state index in [1.807, 2.05) is 40.2 Å². The lowest BCUT2D eigenvalue weighted by molar-refractivity contribution is -0.870. The summed E-state index contributed by atoms with van der Waals surface area (Å²) < 4.78 is 32.9. The Kier molecular flexibility index (Phi) is 23.9. The van der Waals surface area contributed by atoms with Gasteiger partial charge in [-0.3, -0.25) is 14.2 Å². The fraction of sp³-hybridized carbons (Fsp3) is 0.625. The van der Waals surface area contributed by atoms with Gasteiger partial charge in [0.15, 0.2) is 6.10 Å². The molecule has 0 fully saturated rings. The Morgan fingerprint density at radius 3 is 1.83 bits per heavy atom. The summed E-state index contributed by atoms with van der Waals surface area (Å²) >= 11 is 0. The molecule has 0 aromatic carbocycles. The van der Waals surface area contributed by atoms with Gasteiger partial charge in [0.1, 0.15) is 19.8 Å². The third-order valence-electron chi connectivity index (χ3n) is 5.52. The zero-order chi connectivity index (χ0) is 31.5. The first kappa shape index (κ1) is 39.7. The van der Waals surface area contributed by atoms with Gasteiger partial charge in [0.25, 0.3) is 7.82 Å². The minimum atomic E-state index is -4.61. The van der Waals surface area contributed by atoms with E-state index in [0.717, 1.165) is 32.1 Å². The maximum Gasteiger partial charge on any atom is 0.306 e. The number of ether oxygens (including phenoxy) is 2. The van der Waals surface area contributed by atoms with Gasteiger partial charge in [0, 0.05) is 12.8 Å². The van der Waals surface area contributed by atoms with Crippen molar-refractivity contribution < 1.29 is 42.1 Å². The molecule has 2 atom stereocenters. The molecule has 0 heterocycles. The third kappa shape index (κ3) is 27.9. The van der Waals surface area contributed by atoms with Crippen molar-refractivity contribution >= 4 is 19.8 Å². The van der Waals surface area contributed by atoms with Crippen LogP contribution in [0.2, 0.25) is 0 Å². The van der Waals surface area contributed by atoms with Crippen LogP contribution in [0, 0.1) is 0 Å². The zero-order valence-electron chi connectivity index (χ0n) is 26.4. The molecule has 0 saturated carbocycles. The lowest BCUT2D eigenvalue weighted by Gasteiger charge is -2.28. The van der Waals surface area contributed by atoms with Crippen LogP contribution in [0.3, 0.4) is 0 Å². The second-order valence-electron chi connectivity index (χ2n) is 10.7. The Hall–Kier alpha value is -2.29. The predicted octanol–water partition coefficient (Wildman–Crippen LogP) is 6.37. The van der Waals surface area contributed by atoms with Gasteiger partial charge in [-0.15, -0.1) is 0 Å². The van der Waals surface area contributed by atoms with Gasteiger partial charge in [-0.25, -0.2) is 0 Å². The Labute approximate surface area is 254 Å². The zero-order valence-corrected chi connectivity index (χ0v) is 27.3. The molecule has 0 aliphatic heterocycles. The highest BCUT2D eigenvalue weighted by Gasteiger charge is 2.21. The molecule has 0 N–H and O–H groups in total. The van der Waals surface area contributed by atoms with E-state index in [9.17, 15) is 19.0 Å². The van der Waals surface area contributed by atoms with E-state index in [1.165, 1.54) is 0 Å². The number of allylic oxidation sites excluding steroid dienone is 10. The van der Waals surface area contributed by atoms with Crippen LogP contribution in [0.1, 0.15) is 78.1 Å². The van der Waals surface area contributed by atoms with E-state index >= 15 is 0 Å². The van der Waals surface area contributed by atoms with Crippen molar-refractivity contribution in [1.82, 2.24) is 0 Å². The van der Waals surface area contributed by atoms with Crippen LogP contribution < -0.4 is 4.89 Å². The van der Waals surface area contributed by atoms with Gasteiger partial charge in [0.2, 0.25) is 0 Å². The first-order valence-corrected chi connectivity index (χ1v) is 16.5. The van der Waals surface area contributed by atoms with Crippen molar-refractivity contribution in [3.05, 3.63) is 60.8 Å². The summed E-state index contributed by atoms with van der Waals surface area (Å²) in [6.07, 6.45) is 27.2. The van der Waals surface area contributed by atoms with Gasteiger partial charge in [-0.2, -0.15) is 0 Å². The molecule has 0 bridgehead atoms. The number of quaternary nitrogens is 1. The van der Waals surface area contributed by atoms with Crippen LogP contribution in [0.5, 0.6) is 0 Å². The maximum atomic E-state index is 12.3. The highest BCUT2D eigenvalue weighted by Crippen LogP contribution is 2.38. The van der Waals surface area contributed by atoms with Gasteiger partial charge in [0.05, 0.1) is 27.7 Å². The first-order valence-electron chi connectivity index (χ1n) is 15.0. The van der Waals surface area contributed by atoms with Crippen LogP contribution in [-0.2, 0) is 32.7 Å². The summed E-state index contributed by atoms with van der Waals surface area (Å²) in [7, 11) is 1.11. The number of likely N-dealkylation sites (N-methyl/N-ethyl adjacent to an activating group) is 1. The summed E-state index contributed by atoms with van der Waals surface area (Å²) in [5, 5.41) is 0. The number of esters is 2. The monoisotopic (exact) mass is 611 g/mol. The van der Waals surface area contributed by atoms with Crippen molar-refractivity contribution in [2.45, 2.75) is 84.2 Å². The minimum Gasteiger partial charge on any atom is -0.756 e. The molecule has 0 spiro atoms. The molecular formula is C32H54NO8P. The van der Waals surface area contributed by atoms with Gasteiger partial charge in [-0.1, -0.05) is 74.6 Å². The number of hydrogen-bond donors (Lipinski definition) is 0. The maximum absolute atomic E-state index is 12.3. The predicted molar refractivity (Wildman–Crippen MR) is 166 cm³/mol. The fourth-order valence-electron chi connectivity index (χ4n) is 3.19. The van der Waals surface area contributed by atoms with Crippen molar-refractivity contribution in [3.63, 3.8) is 0 Å². The van der Waals surface area contributed by atoms with E-state index < -0.39 is 32.5 Å². The SMILES string of the molecule is CC/C=C\C/C=C\C/C=C\C/C=C\C/C=C\CCCC(=O)OC(COC(=O)CCC)COP(=O)([O-])OCC[N+](C)(C)C. The molecule has 10 heteroatoms. The molecule has 0 saturated heterocycles. The largest absolute Gasteiger partial charge is 0.756 e. The molecule has 0 aliphatic carbocycles. The van der Waals surface area contributed by atoms with Crippen molar-refractivity contribution in [3.8, 4) is 0 Å². The third-order valence-corrected chi connectivity index (χ3v) is 6.49. The molecule has 9 nitrogen and oxygen atoms in total. The van der Waals surface area contributed by atoms with Crippen molar-refractivity contribution in [2.24, 2.45) is 0 Å². The summed E-state index contributed by atoms with van der Waals surface area (Å²) in [6, 6.07) is 0. The molecule has 2 unspecified atom stereocenters. The van der Waals surface area contributed by atoms with E-state index in [-0.39, 0.29) is 26.1 Å². The van der Waals surface area contributed by atoms with Crippen molar-refractivity contribution in [1.29, 1.82) is 0 Å². The summed E-state index contributed by atoms with van der Waals surface area (Å²) in [5.41, 5.74) is 0. The van der Waals surface area contributed by atoms with Crippen LogP contribution in [0.4, 0.5) is 0 Å². The number of carbonyl (C=O) groups excluding carboxylic acids is 2. The lowest BCUT2D eigenvalue weighted by Crippen LogP contribution is -2.37. The van der Waals surface area contributed by atoms with Gasteiger partial charge < -0.3 is 27.9 Å². The number of phosphoric acid groups is 1. The second-order valence-corrected chi connectivity index (χ2v) is 12.1. The van der Waals surface area contributed by atoms with E-state index in [1.54, 1.807) is 0 Å². The Morgan fingerprint density at radius 1 is 0.762 bits per heavy atom. The van der Waals surface area contributed by atoms with E-state index in [0.29, 0.717) is 30.3 Å². The fourth-order valence-corrected chi connectivity index (χ4v) is 3.92.